The number of benzene rings is 1. The Morgan fingerprint density at radius 3 is 2.40 bits per heavy atom. The molecule has 0 unspecified atom stereocenters. The van der Waals surface area contributed by atoms with E-state index in [0.29, 0.717) is 24.3 Å². The second kappa shape index (κ2) is 5.15. The van der Waals surface area contributed by atoms with Crippen molar-refractivity contribution >= 4 is 17.5 Å². The van der Waals surface area contributed by atoms with E-state index in [1.807, 2.05) is 13.8 Å². The fourth-order valence-corrected chi connectivity index (χ4v) is 2.45. The quantitative estimate of drug-likeness (QED) is 0.676. The van der Waals surface area contributed by atoms with Crippen molar-refractivity contribution < 1.29 is 14.3 Å². The van der Waals surface area contributed by atoms with Crippen LogP contribution in [0.25, 0.3) is 0 Å². The van der Waals surface area contributed by atoms with Crippen molar-refractivity contribution in [2.45, 2.75) is 33.2 Å². The third-order valence-electron chi connectivity index (χ3n) is 3.50. The number of nitrogens with two attached hydrogens (primary N) is 1. The van der Waals surface area contributed by atoms with E-state index in [1.54, 1.807) is 25.3 Å². The number of piperidine rings is 1. The molecule has 1 fully saturated rings. The molecule has 2 N–H and O–H groups in total. The number of hydrogen-bond acceptors (Lipinski definition) is 4. The van der Waals surface area contributed by atoms with Crippen LogP contribution in [0, 0.1) is 5.41 Å². The Labute approximate surface area is 118 Å². The largest absolute Gasteiger partial charge is 0.496 e. The van der Waals surface area contributed by atoms with Crippen molar-refractivity contribution in [3.05, 3.63) is 23.8 Å². The molecule has 2 amide bonds. The molecule has 1 aliphatic heterocycles. The Morgan fingerprint density at radius 1 is 1.25 bits per heavy atom. The van der Waals surface area contributed by atoms with Gasteiger partial charge in [0.05, 0.1) is 13.7 Å². The average Bonchev–Trinajstić information content (AvgIpc) is 2.34. The zero-order valence-corrected chi connectivity index (χ0v) is 12.1. The zero-order valence-electron chi connectivity index (χ0n) is 12.1. The number of imide groups is 1. The van der Waals surface area contributed by atoms with Crippen molar-refractivity contribution in [1.82, 2.24) is 4.90 Å². The molecule has 0 atom stereocenters. The Bertz CT molecular complexity index is 532. The summed E-state index contributed by atoms with van der Waals surface area (Å²) in [7, 11) is 1.54. The van der Waals surface area contributed by atoms with Crippen LogP contribution in [-0.2, 0) is 16.1 Å². The molecule has 1 saturated heterocycles. The van der Waals surface area contributed by atoms with Crippen LogP contribution in [0.4, 0.5) is 5.69 Å². The number of nitrogen functional groups attached to an aromatic ring is 1. The van der Waals surface area contributed by atoms with E-state index in [1.165, 1.54) is 4.90 Å². The van der Waals surface area contributed by atoms with Gasteiger partial charge in [-0.2, -0.15) is 0 Å². The minimum absolute atomic E-state index is 0.134. The first kappa shape index (κ1) is 14.4. The van der Waals surface area contributed by atoms with Gasteiger partial charge in [-0.3, -0.25) is 14.5 Å². The molecule has 20 heavy (non-hydrogen) atoms. The van der Waals surface area contributed by atoms with Gasteiger partial charge >= 0.3 is 0 Å². The van der Waals surface area contributed by atoms with Gasteiger partial charge in [0.25, 0.3) is 0 Å². The van der Waals surface area contributed by atoms with Crippen LogP contribution in [0.1, 0.15) is 32.3 Å². The smallest absolute Gasteiger partial charge is 0.230 e. The Balaban J connectivity index is 2.22. The summed E-state index contributed by atoms with van der Waals surface area (Å²) in [5, 5.41) is 0. The summed E-state index contributed by atoms with van der Waals surface area (Å²) >= 11 is 0. The summed E-state index contributed by atoms with van der Waals surface area (Å²) in [4.78, 5) is 25.6. The summed E-state index contributed by atoms with van der Waals surface area (Å²) in [5.41, 5.74) is 6.81. The third kappa shape index (κ3) is 2.92. The number of anilines is 1. The fraction of sp³-hybridized carbons (Fsp3) is 0.467. The fourth-order valence-electron chi connectivity index (χ4n) is 2.45. The van der Waals surface area contributed by atoms with Crippen molar-refractivity contribution in [3.8, 4) is 5.75 Å². The van der Waals surface area contributed by atoms with Crippen molar-refractivity contribution in [1.29, 1.82) is 0 Å². The maximum absolute atomic E-state index is 12.1. The molecule has 0 radical (unpaired) electrons. The number of ether oxygens (including phenoxy) is 1. The van der Waals surface area contributed by atoms with Gasteiger partial charge in [0.1, 0.15) is 5.75 Å². The van der Waals surface area contributed by atoms with Gasteiger partial charge in [0.15, 0.2) is 0 Å². The van der Waals surface area contributed by atoms with E-state index in [0.717, 1.165) is 5.56 Å². The minimum Gasteiger partial charge on any atom is -0.496 e. The highest BCUT2D eigenvalue weighted by Gasteiger charge is 2.37. The molecule has 1 aromatic rings. The molecular formula is C15H20N2O3. The average molecular weight is 276 g/mol. The van der Waals surface area contributed by atoms with E-state index in [9.17, 15) is 9.59 Å². The van der Waals surface area contributed by atoms with E-state index >= 15 is 0 Å². The third-order valence-corrected chi connectivity index (χ3v) is 3.50. The van der Waals surface area contributed by atoms with Crippen molar-refractivity contribution in [3.63, 3.8) is 0 Å². The summed E-state index contributed by atoms with van der Waals surface area (Å²) in [6, 6.07) is 5.22. The Hall–Kier alpha value is -2.04. The lowest BCUT2D eigenvalue weighted by atomic mass is 9.81. The summed E-state index contributed by atoms with van der Waals surface area (Å²) in [5.74, 6) is 0.325. The normalized spacial score (nSPS) is 18.2. The lowest BCUT2D eigenvalue weighted by molar-refractivity contribution is -0.153. The highest BCUT2D eigenvalue weighted by Crippen LogP contribution is 2.33. The summed E-state index contributed by atoms with van der Waals surface area (Å²) in [6.45, 7) is 4.10. The van der Waals surface area contributed by atoms with E-state index in [2.05, 4.69) is 0 Å². The van der Waals surface area contributed by atoms with Crippen LogP contribution >= 0.6 is 0 Å². The monoisotopic (exact) mass is 276 g/mol. The Morgan fingerprint density at radius 2 is 1.85 bits per heavy atom. The standard InChI is InChI=1S/C15H20N2O3/c1-15(2)7-13(18)17(14(19)8-15)9-10-4-5-11(16)6-12(10)20-3/h4-6H,7-9,16H2,1-3H3. The van der Waals surface area contributed by atoms with Crippen LogP contribution in [0.15, 0.2) is 18.2 Å². The first-order chi connectivity index (χ1) is 9.32. The SMILES string of the molecule is COc1cc(N)ccc1CN1C(=O)CC(C)(C)CC1=O. The molecule has 0 bridgehead atoms. The van der Waals surface area contributed by atoms with Gasteiger partial charge in [-0.25, -0.2) is 0 Å². The first-order valence-electron chi connectivity index (χ1n) is 6.58. The molecule has 5 nitrogen and oxygen atoms in total. The molecule has 2 rings (SSSR count). The number of likely N-dealkylation sites (tertiary alicyclic amines) is 1. The van der Waals surface area contributed by atoms with Crippen LogP contribution in [-0.4, -0.2) is 23.8 Å². The number of methoxy groups -OCH3 is 1. The maximum atomic E-state index is 12.1. The number of carbonyl (C=O) groups is 2. The lowest BCUT2D eigenvalue weighted by Crippen LogP contribution is -2.45. The van der Waals surface area contributed by atoms with E-state index < -0.39 is 0 Å². The number of nitrogens with zero attached hydrogens (tertiary/aromatic N) is 1. The van der Waals surface area contributed by atoms with Gasteiger partial charge in [-0.15, -0.1) is 0 Å². The second-order valence-electron chi connectivity index (χ2n) is 5.96. The minimum atomic E-state index is -0.254. The summed E-state index contributed by atoms with van der Waals surface area (Å²) in [6.07, 6.45) is 0.770. The lowest BCUT2D eigenvalue weighted by Gasteiger charge is -2.34. The van der Waals surface area contributed by atoms with Crippen molar-refractivity contribution in [2.75, 3.05) is 12.8 Å². The van der Waals surface area contributed by atoms with E-state index in [4.69, 9.17) is 10.5 Å². The van der Waals surface area contributed by atoms with Crippen LogP contribution in [0.5, 0.6) is 5.75 Å². The predicted octanol–water partition coefficient (Wildman–Crippen LogP) is 1.95. The van der Waals surface area contributed by atoms with Crippen LogP contribution in [0.3, 0.4) is 0 Å². The van der Waals surface area contributed by atoms with Gasteiger partial charge < -0.3 is 10.5 Å². The molecule has 0 saturated carbocycles. The van der Waals surface area contributed by atoms with Gasteiger partial charge in [-0.05, 0) is 11.5 Å². The molecule has 5 heteroatoms. The summed E-state index contributed by atoms with van der Waals surface area (Å²) < 4.78 is 5.25. The number of amides is 2. The molecule has 108 valence electrons. The highest BCUT2D eigenvalue weighted by atomic mass is 16.5. The number of hydrogen-bond donors (Lipinski definition) is 1. The second-order valence-corrected chi connectivity index (χ2v) is 5.96. The van der Waals surface area contributed by atoms with Crippen molar-refractivity contribution in [2.24, 2.45) is 5.41 Å². The predicted molar refractivity (Wildman–Crippen MR) is 76.0 cm³/mol. The molecule has 0 aromatic heterocycles. The van der Waals surface area contributed by atoms with Crippen LogP contribution < -0.4 is 10.5 Å². The van der Waals surface area contributed by atoms with E-state index in [-0.39, 0.29) is 23.8 Å². The van der Waals surface area contributed by atoms with Gasteiger partial charge in [0.2, 0.25) is 11.8 Å². The maximum Gasteiger partial charge on any atom is 0.230 e. The highest BCUT2D eigenvalue weighted by molar-refractivity contribution is 5.98. The molecule has 1 aliphatic rings. The topological polar surface area (TPSA) is 72.6 Å². The molecule has 1 heterocycles. The molecule has 1 aromatic carbocycles. The van der Waals surface area contributed by atoms with Crippen LogP contribution in [0.2, 0.25) is 0 Å². The first-order valence-corrected chi connectivity index (χ1v) is 6.58. The zero-order chi connectivity index (χ0) is 14.9. The van der Waals surface area contributed by atoms with Gasteiger partial charge in [0, 0.05) is 30.2 Å². The van der Waals surface area contributed by atoms with Gasteiger partial charge in [-0.1, -0.05) is 19.9 Å². The Kier molecular flexibility index (Phi) is 3.70. The molecular weight excluding hydrogens is 256 g/mol. The molecule has 0 aliphatic carbocycles. The number of carbonyl (C=O) groups excluding carboxylic acids is 2. The molecule has 0 spiro atoms. The number of rotatable bonds is 3.